The number of aromatic hydroxyl groups is 2. The van der Waals surface area contributed by atoms with E-state index in [4.69, 9.17) is 0 Å². The molecule has 0 unspecified atom stereocenters. The van der Waals surface area contributed by atoms with Crippen LogP contribution in [-0.4, -0.2) is 15.7 Å². The molecule has 4 aliphatic carbocycles. The molecule has 19 heavy (non-hydrogen) atoms. The van der Waals surface area contributed by atoms with Crippen molar-refractivity contribution in [2.75, 3.05) is 0 Å². The van der Waals surface area contributed by atoms with Gasteiger partial charge in [0.2, 0.25) is 0 Å². The van der Waals surface area contributed by atoms with Crippen LogP contribution < -0.4 is 0 Å². The van der Waals surface area contributed by atoms with Gasteiger partial charge in [-0.2, -0.15) is 0 Å². The number of phenolic OH excluding ortho intramolecular Hbond substituents is 2. The van der Waals surface area contributed by atoms with Crippen LogP contribution >= 0.6 is 0 Å². The van der Waals surface area contributed by atoms with Crippen LogP contribution in [0.2, 0.25) is 0 Å². The number of rotatable bonds is 0. The van der Waals surface area contributed by atoms with E-state index in [2.05, 4.69) is 12.1 Å². The standard InChI is InChI=1S/C16H16O2.H2O/c17-15-9-11-1-5-13(15)8-4-12-2-6-14(7-3-11)16(18)10-12;/h1-2,5-6,9-10,17-18H,3-4,7-8H2;1H2. The van der Waals surface area contributed by atoms with Gasteiger partial charge in [0.1, 0.15) is 11.5 Å². The van der Waals surface area contributed by atoms with Gasteiger partial charge in [-0.05, 0) is 60.1 Å². The first-order chi connectivity index (χ1) is 8.72. The average molecular weight is 258 g/mol. The van der Waals surface area contributed by atoms with Gasteiger partial charge in [0.25, 0.3) is 0 Å². The highest BCUT2D eigenvalue weighted by atomic mass is 16.3. The molecule has 0 fully saturated rings. The van der Waals surface area contributed by atoms with Crippen LogP contribution in [-0.2, 0) is 25.7 Å². The Kier molecular flexibility index (Phi) is 3.76. The zero-order chi connectivity index (χ0) is 12.5. The van der Waals surface area contributed by atoms with E-state index in [9.17, 15) is 10.2 Å². The Morgan fingerprint density at radius 3 is 1.42 bits per heavy atom. The van der Waals surface area contributed by atoms with Crippen molar-refractivity contribution in [1.29, 1.82) is 0 Å². The average Bonchev–Trinajstić information content (AvgIpc) is 2.34. The SMILES string of the molecule is O.Oc1cc2ccc1CCc1ccc(c(O)c1)CC2. The van der Waals surface area contributed by atoms with E-state index in [1.165, 1.54) is 0 Å². The number of phenols is 2. The summed E-state index contributed by atoms with van der Waals surface area (Å²) in [5.41, 5.74) is 4.17. The summed E-state index contributed by atoms with van der Waals surface area (Å²) in [6, 6.07) is 11.9. The third-order valence-electron chi connectivity index (χ3n) is 3.67. The first-order valence-electron chi connectivity index (χ1n) is 6.34. The molecule has 2 aromatic rings. The fraction of sp³-hybridized carbons (Fsp3) is 0.250. The fourth-order valence-electron chi connectivity index (χ4n) is 2.51. The van der Waals surface area contributed by atoms with Crippen LogP contribution in [0, 0.1) is 0 Å². The first-order valence-corrected chi connectivity index (χ1v) is 6.34. The molecule has 4 bridgehead atoms. The maximum atomic E-state index is 9.96. The zero-order valence-corrected chi connectivity index (χ0v) is 10.7. The molecule has 2 aromatic carbocycles. The molecule has 4 aliphatic rings. The molecule has 0 saturated heterocycles. The highest BCUT2D eigenvalue weighted by Crippen LogP contribution is 2.26. The Morgan fingerprint density at radius 1 is 0.632 bits per heavy atom. The first kappa shape index (κ1) is 13.4. The maximum absolute atomic E-state index is 9.96. The maximum Gasteiger partial charge on any atom is 0.119 e. The Labute approximate surface area is 112 Å². The van der Waals surface area contributed by atoms with Gasteiger partial charge in [0.05, 0.1) is 0 Å². The Hall–Kier alpha value is -2.00. The minimum Gasteiger partial charge on any atom is -0.508 e. The minimum atomic E-state index is 0. The van der Waals surface area contributed by atoms with E-state index in [0.29, 0.717) is 11.5 Å². The molecule has 0 aromatic heterocycles. The quantitative estimate of drug-likeness (QED) is 0.760. The molecule has 0 heterocycles. The predicted molar refractivity (Wildman–Crippen MR) is 74.6 cm³/mol. The topological polar surface area (TPSA) is 72.0 Å². The van der Waals surface area contributed by atoms with Crippen molar-refractivity contribution in [3.05, 3.63) is 58.7 Å². The second-order valence-corrected chi connectivity index (χ2v) is 4.93. The van der Waals surface area contributed by atoms with Gasteiger partial charge in [0.15, 0.2) is 0 Å². The molecule has 0 spiro atoms. The fourth-order valence-corrected chi connectivity index (χ4v) is 2.51. The summed E-state index contributed by atoms with van der Waals surface area (Å²) >= 11 is 0. The summed E-state index contributed by atoms with van der Waals surface area (Å²) in [5, 5.41) is 19.9. The number of hydrogen-bond donors (Lipinski definition) is 2. The second kappa shape index (κ2) is 5.33. The van der Waals surface area contributed by atoms with Crippen LogP contribution in [0.3, 0.4) is 0 Å². The Morgan fingerprint density at radius 2 is 1.05 bits per heavy atom. The van der Waals surface area contributed by atoms with E-state index in [1.54, 1.807) is 0 Å². The van der Waals surface area contributed by atoms with Gasteiger partial charge in [-0.3, -0.25) is 0 Å². The molecular formula is C16H18O3. The van der Waals surface area contributed by atoms with Crippen LogP contribution in [0.4, 0.5) is 0 Å². The lowest BCUT2D eigenvalue weighted by molar-refractivity contribution is 0.464. The summed E-state index contributed by atoms with van der Waals surface area (Å²) in [4.78, 5) is 0. The van der Waals surface area contributed by atoms with E-state index in [1.807, 2.05) is 24.3 Å². The van der Waals surface area contributed by atoms with Gasteiger partial charge in [-0.25, -0.2) is 0 Å². The lowest BCUT2D eigenvalue weighted by Gasteiger charge is -2.12. The van der Waals surface area contributed by atoms with Crippen LogP contribution in [0.1, 0.15) is 22.3 Å². The molecule has 4 N–H and O–H groups in total. The lowest BCUT2D eigenvalue weighted by atomic mass is 9.95. The lowest BCUT2D eigenvalue weighted by Crippen LogP contribution is -1.98. The van der Waals surface area contributed by atoms with E-state index in [0.717, 1.165) is 47.9 Å². The van der Waals surface area contributed by atoms with E-state index < -0.39 is 0 Å². The number of aryl methyl sites for hydroxylation is 4. The monoisotopic (exact) mass is 258 g/mol. The molecule has 0 amide bonds. The third-order valence-corrected chi connectivity index (χ3v) is 3.67. The van der Waals surface area contributed by atoms with Crippen molar-refractivity contribution in [2.45, 2.75) is 25.7 Å². The van der Waals surface area contributed by atoms with Crippen LogP contribution in [0.25, 0.3) is 0 Å². The van der Waals surface area contributed by atoms with Crippen LogP contribution in [0.15, 0.2) is 36.4 Å². The highest BCUT2D eigenvalue weighted by Gasteiger charge is 2.09. The Balaban J connectivity index is 0.00000133. The largest absolute Gasteiger partial charge is 0.508 e. The molecule has 0 atom stereocenters. The van der Waals surface area contributed by atoms with Crippen molar-refractivity contribution in [2.24, 2.45) is 0 Å². The highest BCUT2D eigenvalue weighted by molar-refractivity contribution is 5.41. The van der Waals surface area contributed by atoms with Gasteiger partial charge in [0, 0.05) is 0 Å². The van der Waals surface area contributed by atoms with Crippen molar-refractivity contribution in [1.82, 2.24) is 0 Å². The second-order valence-electron chi connectivity index (χ2n) is 4.93. The van der Waals surface area contributed by atoms with Crippen molar-refractivity contribution in [3.63, 3.8) is 0 Å². The normalized spacial score (nSPS) is 13.5. The van der Waals surface area contributed by atoms with Crippen molar-refractivity contribution >= 4 is 0 Å². The zero-order valence-electron chi connectivity index (χ0n) is 10.7. The molecule has 0 radical (unpaired) electrons. The molecule has 0 aliphatic heterocycles. The van der Waals surface area contributed by atoms with Gasteiger partial charge in [-0.15, -0.1) is 0 Å². The van der Waals surface area contributed by atoms with Crippen LogP contribution in [0.5, 0.6) is 11.5 Å². The Bertz CT molecular complexity index is 537. The third kappa shape index (κ3) is 2.71. The predicted octanol–water partition coefficient (Wildman–Crippen LogP) is 2.16. The van der Waals surface area contributed by atoms with E-state index in [-0.39, 0.29) is 5.48 Å². The van der Waals surface area contributed by atoms with Gasteiger partial charge in [-0.1, -0.05) is 24.3 Å². The molecular weight excluding hydrogens is 240 g/mol. The van der Waals surface area contributed by atoms with E-state index >= 15 is 0 Å². The van der Waals surface area contributed by atoms with Gasteiger partial charge < -0.3 is 15.7 Å². The number of benzene rings is 2. The molecule has 6 rings (SSSR count). The van der Waals surface area contributed by atoms with Crippen molar-refractivity contribution in [3.8, 4) is 11.5 Å². The molecule has 3 nitrogen and oxygen atoms in total. The molecule has 0 saturated carbocycles. The molecule has 3 heteroatoms. The summed E-state index contributed by atoms with van der Waals surface area (Å²) in [7, 11) is 0. The summed E-state index contributed by atoms with van der Waals surface area (Å²) < 4.78 is 0. The summed E-state index contributed by atoms with van der Waals surface area (Å²) in [6.45, 7) is 0. The smallest absolute Gasteiger partial charge is 0.119 e. The summed E-state index contributed by atoms with van der Waals surface area (Å²) in [6.07, 6.45) is 3.26. The number of hydrogen-bond acceptors (Lipinski definition) is 2. The van der Waals surface area contributed by atoms with Gasteiger partial charge >= 0.3 is 0 Å². The minimum absolute atomic E-state index is 0. The summed E-state index contributed by atoms with van der Waals surface area (Å²) in [5.74, 6) is 0.790. The van der Waals surface area contributed by atoms with Crippen molar-refractivity contribution < 1.29 is 15.7 Å². The molecule has 100 valence electrons.